The van der Waals surface area contributed by atoms with Crippen LogP contribution in [0.4, 0.5) is 0 Å². The molecule has 1 N–H and O–H groups in total. The van der Waals surface area contributed by atoms with Gasteiger partial charge in [0.05, 0.1) is 18.3 Å². The van der Waals surface area contributed by atoms with Gasteiger partial charge in [-0.05, 0) is 18.9 Å². The molecular formula is C15H20N6O2. The number of amides is 2. The van der Waals surface area contributed by atoms with Gasteiger partial charge in [-0.15, -0.1) is 0 Å². The van der Waals surface area contributed by atoms with Crippen LogP contribution in [-0.2, 0) is 17.4 Å². The molecule has 0 spiro atoms. The summed E-state index contributed by atoms with van der Waals surface area (Å²) in [4.78, 5) is 27.0. The molecule has 0 bridgehead atoms. The SMILES string of the molecule is CNC(=O)C1(n2cccn2)CCCN(C(=O)c2cnn(C)c2)C1. The molecule has 23 heavy (non-hydrogen) atoms. The summed E-state index contributed by atoms with van der Waals surface area (Å²) in [5.41, 5.74) is -0.338. The first kappa shape index (κ1) is 15.3. The van der Waals surface area contributed by atoms with E-state index in [0.29, 0.717) is 25.1 Å². The van der Waals surface area contributed by atoms with E-state index < -0.39 is 5.54 Å². The van der Waals surface area contributed by atoms with E-state index in [1.807, 2.05) is 0 Å². The normalized spacial score (nSPS) is 21.2. The Kier molecular flexibility index (Phi) is 3.89. The summed E-state index contributed by atoms with van der Waals surface area (Å²) in [5, 5.41) is 11.0. The highest BCUT2D eigenvalue weighted by Gasteiger charge is 2.45. The van der Waals surface area contributed by atoms with Crippen LogP contribution in [0.2, 0.25) is 0 Å². The maximum absolute atomic E-state index is 12.7. The summed E-state index contributed by atoms with van der Waals surface area (Å²) in [6, 6.07) is 1.78. The van der Waals surface area contributed by atoms with Crippen LogP contribution in [0.15, 0.2) is 30.9 Å². The highest BCUT2D eigenvalue weighted by atomic mass is 16.2. The van der Waals surface area contributed by atoms with E-state index in [1.54, 1.807) is 59.2 Å². The molecule has 8 heteroatoms. The molecule has 2 aromatic rings. The van der Waals surface area contributed by atoms with Crippen molar-refractivity contribution in [2.45, 2.75) is 18.4 Å². The second-order valence-electron chi connectivity index (χ2n) is 5.79. The third-order valence-corrected chi connectivity index (χ3v) is 4.30. The fourth-order valence-electron chi connectivity index (χ4n) is 3.15. The van der Waals surface area contributed by atoms with Crippen LogP contribution in [0.3, 0.4) is 0 Å². The van der Waals surface area contributed by atoms with Gasteiger partial charge in [0.25, 0.3) is 5.91 Å². The van der Waals surface area contributed by atoms with Gasteiger partial charge in [0, 0.05) is 39.2 Å². The van der Waals surface area contributed by atoms with E-state index in [2.05, 4.69) is 15.5 Å². The predicted molar refractivity (Wildman–Crippen MR) is 82.6 cm³/mol. The Labute approximate surface area is 134 Å². The number of hydrogen-bond acceptors (Lipinski definition) is 4. The van der Waals surface area contributed by atoms with Gasteiger partial charge in [-0.1, -0.05) is 0 Å². The van der Waals surface area contributed by atoms with Gasteiger partial charge >= 0.3 is 0 Å². The lowest BCUT2D eigenvalue weighted by atomic mass is 9.87. The monoisotopic (exact) mass is 316 g/mol. The molecule has 1 unspecified atom stereocenters. The Morgan fingerprint density at radius 1 is 1.35 bits per heavy atom. The molecule has 122 valence electrons. The third kappa shape index (κ3) is 2.60. The van der Waals surface area contributed by atoms with Gasteiger partial charge in [0.1, 0.15) is 0 Å². The van der Waals surface area contributed by atoms with Crippen LogP contribution >= 0.6 is 0 Å². The first-order chi connectivity index (χ1) is 11.1. The van der Waals surface area contributed by atoms with Crippen LogP contribution in [0.5, 0.6) is 0 Å². The number of aromatic nitrogens is 4. The van der Waals surface area contributed by atoms with E-state index in [9.17, 15) is 9.59 Å². The number of aryl methyl sites for hydroxylation is 1. The predicted octanol–water partition coefficient (Wildman–Crippen LogP) is -0.00590. The summed E-state index contributed by atoms with van der Waals surface area (Å²) in [5.74, 6) is -0.247. The Hall–Kier alpha value is -2.64. The molecule has 3 heterocycles. The van der Waals surface area contributed by atoms with Crippen molar-refractivity contribution in [3.63, 3.8) is 0 Å². The molecule has 1 fully saturated rings. The quantitative estimate of drug-likeness (QED) is 0.863. The summed E-state index contributed by atoms with van der Waals surface area (Å²) < 4.78 is 3.26. The van der Waals surface area contributed by atoms with Gasteiger partial charge in [0.15, 0.2) is 5.54 Å². The molecule has 8 nitrogen and oxygen atoms in total. The molecule has 1 aliphatic rings. The minimum atomic E-state index is -0.867. The minimum absolute atomic E-state index is 0.113. The Balaban J connectivity index is 1.91. The first-order valence-electron chi connectivity index (χ1n) is 7.57. The van der Waals surface area contributed by atoms with Crippen molar-refractivity contribution in [1.82, 2.24) is 29.8 Å². The van der Waals surface area contributed by atoms with E-state index in [4.69, 9.17) is 0 Å². The second kappa shape index (κ2) is 5.86. The van der Waals surface area contributed by atoms with E-state index >= 15 is 0 Å². The standard InChI is InChI=1S/C15H20N6O2/c1-16-14(23)15(21-8-4-6-17-21)5-3-7-20(11-15)13(22)12-9-18-19(2)10-12/h4,6,8-10H,3,5,7,11H2,1-2H3,(H,16,23). The molecule has 3 rings (SSSR count). The number of nitrogens with zero attached hydrogens (tertiary/aromatic N) is 5. The molecule has 2 amide bonds. The van der Waals surface area contributed by atoms with Gasteiger partial charge in [0.2, 0.25) is 5.91 Å². The number of carbonyl (C=O) groups is 2. The highest BCUT2D eigenvalue weighted by molar-refractivity contribution is 5.94. The van der Waals surface area contributed by atoms with Crippen molar-refractivity contribution in [1.29, 1.82) is 0 Å². The third-order valence-electron chi connectivity index (χ3n) is 4.30. The van der Waals surface area contributed by atoms with Crippen LogP contribution in [0, 0.1) is 0 Å². The smallest absolute Gasteiger partial charge is 0.257 e. The lowest BCUT2D eigenvalue weighted by molar-refractivity contribution is -0.132. The maximum Gasteiger partial charge on any atom is 0.257 e. The number of rotatable bonds is 3. The van der Waals surface area contributed by atoms with Gasteiger partial charge < -0.3 is 10.2 Å². The highest BCUT2D eigenvalue weighted by Crippen LogP contribution is 2.29. The molecule has 1 atom stereocenters. The fraction of sp³-hybridized carbons (Fsp3) is 0.467. The van der Waals surface area contributed by atoms with Gasteiger partial charge in [-0.3, -0.25) is 19.0 Å². The zero-order valence-corrected chi connectivity index (χ0v) is 13.3. The van der Waals surface area contributed by atoms with Crippen molar-refractivity contribution in [2.75, 3.05) is 20.1 Å². The number of likely N-dealkylation sites (N-methyl/N-ethyl adjacent to an activating group) is 1. The number of likely N-dealkylation sites (tertiary alicyclic amines) is 1. The summed E-state index contributed by atoms with van der Waals surface area (Å²) in [7, 11) is 3.38. The Morgan fingerprint density at radius 2 is 2.17 bits per heavy atom. The van der Waals surface area contributed by atoms with Crippen molar-refractivity contribution in [3.05, 3.63) is 36.4 Å². The topological polar surface area (TPSA) is 85.1 Å². The second-order valence-corrected chi connectivity index (χ2v) is 5.79. The molecule has 0 aromatic carbocycles. The number of piperidine rings is 1. The van der Waals surface area contributed by atoms with Gasteiger partial charge in [-0.25, -0.2) is 0 Å². The van der Waals surface area contributed by atoms with Gasteiger partial charge in [-0.2, -0.15) is 10.2 Å². The lowest BCUT2D eigenvalue weighted by Crippen LogP contribution is -2.59. The van der Waals surface area contributed by atoms with Crippen molar-refractivity contribution in [2.24, 2.45) is 7.05 Å². The number of nitrogens with one attached hydrogen (secondary N) is 1. The average molecular weight is 316 g/mol. The molecule has 1 saturated heterocycles. The summed E-state index contributed by atoms with van der Waals surface area (Å²) in [6.07, 6.45) is 8.03. The average Bonchev–Trinajstić information content (AvgIpc) is 3.25. The molecule has 0 radical (unpaired) electrons. The van der Waals surface area contributed by atoms with Crippen LogP contribution in [0.25, 0.3) is 0 Å². The molecule has 2 aromatic heterocycles. The van der Waals surface area contributed by atoms with Crippen molar-refractivity contribution in [3.8, 4) is 0 Å². The molecule has 1 aliphatic heterocycles. The molecule has 0 saturated carbocycles. The minimum Gasteiger partial charge on any atom is -0.357 e. The maximum atomic E-state index is 12.7. The first-order valence-corrected chi connectivity index (χ1v) is 7.57. The lowest BCUT2D eigenvalue weighted by Gasteiger charge is -2.41. The zero-order chi connectivity index (χ0) is 16.4. The fourth-order valence-corrected chi connectivity index (χ4v) is 3.15. The van der Waals surface area contributed by atoms with E-state index in [-0.39, 0.29) is 11.8 Å². The van der Waals surface area contributed by atoms with E-state index in [1.165, 1.54) is 0 Å². The number of carbonyl (C=O) groups excluding carboxylic acids is 2. The Bertz CT molecular complexity index is 707. The van der Waals surface area contributed by atoms with Crippen LogP contribution in [0.1, 0.15) is 23.2 Å². The largest absolute Gasteiger partial charge is 0.357 e. The van der Waals surface area contributed by atoms with Crippen LogP contribution < -0.4 is 5.32 Å². The number of hydrogen-bond donors (Lipinski definition) is 1. The Morgan fingerprint density at radius 3 is 2.78 bits per heavy atom. The summed E-state index contributed by atoms with van der Waals surface area (Å²) >= 11 is 0. The zero-order valence-electron chi connectivity index (χ0n) is 13.3. The molecular weight excluding hydrogens is 296 g/mol. The molecule has 0 aliphatic carbocycles. The van der Waals surface area contributed by atoms with Crippen molar-refractivity contribution >= 4 is 11.8 Å². The van der Waals surface area contributed by atoms with Crippen molar-refractivity contribution < 1.29 is 9.59 Å². The van der Waals surface area contributed by atoms with Crippen LogP contribution in [-0.4, -0.2) is 56.4 Å². The van der Waals surface area contributed by atoms with E-state index in [0.717, 1.165) is 6.42 Å². The summed E-state index contributed by atoms with van der Waals surface area (Å²) in [6.45, 7) is 0.913.